The van der Waals surface area contributed by atoms with Gasteiger partial charge in [0.15, 0.2) is 5.69 Å². The van der Waals surface area contributed by atoms with Crippen LogP contribution in [-0.4, -0.2) is 22.0 Å². The smallest absolute Gasteiger partial charge is 0.357 e. The summed E-state index contributed by atoms with van der Waals surface area (Å²) < 4.78 is 6.71. The largest absolute Gasteiger partial charge is 0.461 e. The first-order chi connectivity index (χ1) is 8.17. The number of pyridine rings is 1. The minimum atomic E-state index is -0.362. The van der Waals surface area contributed by atoms with Crippen LogP contribution < -0.4 is 0 Å². The molecule has 2 aromatic rings. The minimum absolute atomic E-state index is 0.343. The summed E-state index contributed by atoms with van der Waals surface area (Å²) >= 11 is 5.92. The molecule has 0 amide bonds. The van der Waals surface area contributed by atoms with E-state index in [1.165, 1.54) is 0 Å². The van der Waals surface area contributed by atoms with Crippen molar-refractivity contribution in [2.24, 2.45) is 0 Å². The predicted molar refractivity (Wildman–Crippen MR) is 65.5 cm³/mol. The van der Waals surface area contributed by atoms with Crippen molar-refractivity contribution in [1.82, 2.24) is 9.38 Å². The van der Waals surface area contributed by atoms with Crippen LogP contribution in [0.5, 0.6) is 0 Å². The maximum Gasteiger partial charge on any atom is 0.357 e. The first-order valence-corrected chi connectivity index (χ1v) is 5.88. The molecule has 4 nitrogen and oxygen atoms in total. The topological polar surface area (TPSA) is 43.6 Å². The molecule has 0 aliphatic carbocycles. The molecular weight excluding hydrogens is 240 g/mol. The van der Waals surface area contributed by atoms with Crippen LogP contribution in [-0.2, 0) is 11.2 Å². The van der Waals surface area contributed by atoms with Crippen molar-refractivity contribution in [1.29, 1.82) is 0 Å². The van der Waals surface area contributed by atoms with Gasteiger partial charge >= 0.3 is 5.97 Å². The Labute approximate surface area is 104 Å². The van der Waals surface area contributed by atoms with Gasteiger partial charge in [0.25, 0.3) is 0 Å². The van der Waals surface area contributed by atoms with Gasteiger partial charge < -0.3 is 4.74 Å². The number of rotatable bonds is 3. The number of halogens is 1. The first kappa shape index (κ1) is 11.9. The molecule has 5 heteroatoms. The molecule has 0 saturated carbocycles. The number of nitrogens with zero attached hydrogens (tertiary/aromatic N) is 2. The third kappa shape index (κ3) is 2.13. The normalized spacial score (nSPS) is 10.8. The zero-order valence-corrected chi connectivity index (χ0v) is 10.5. The Kier molecular flexibility index (Phi) is 3.33. The van der Waals surface area contributed by atoms with Crippen LogP contribution in [0.2, 0.25) is 5.02 Å². The number of hydrogen-bond acceptors (Lipinski definition) is 3. The molecule has 0 aromatic carbocycles. The number of fused-ring (bicyclic) bond motifs is 1. The van der Waals surface area contributed by atoms with Crippen molar-refractivity contribution in [3.63, 3.8) is 0 Å². The first-order valence-electron chi connectivity index (χ1n) is 5.51. The summed E-state index contributed by atoms with van der Waals surface area (Å²) in [6.07, 6.45) is 2.35. The van der Waals surface area contributed by atoms with Gasteiger partial charge in [-0.1, -0.05) is 18.5 Å². The Bertz CT molecular complexity index is 563. The van der Waals surface area contributed by atoms with Gasteiger partial charge in [0.1, 0.15) is 5.65 Å². The quantitative estimate of drug-likeness (QED) is 0.789. The van der Waals surface area contributed by atoms with Crippen molar-refractivity contribution >= 4 is 23.2 Å². The monoisotopic (exact) mass is 252 g/mol. The van der Waals surface area contributed by atoms with Crippen LogP contribution in [0.25, 0.3) is 5.65 Å². The average Bonchev–Trinajstić information content (AvgIpc) is 2.66. The molecule has 0 fully saturated rings. The molecule has 2 aromatic heterocycles. The van der Waals surface area contributed by atoms with Crippen LogP contribution in [0.3, 0.4) is 0 Å². The zero-order valence-electron chi connectivity index (χ0n) is 9.74. The second kappa shape index (κ2) is 4.75. The van der Waals surface area contributed by atoms with Crippen LogP contribution in [0.1, 0.15) is 30.0 Å². The summed E-state index contributed by atoms with van der Waals surface area (Å²) in [6.45, 7) is 4.07. The van der Waals surface area contributed by atoms with Crippen LogP contribution >= 0.6 is 11.6 Å². The molecule has 2 heterocycles. The number of imidazole rings is 1. The summed E-state index contributed by atoms with van der Waals surface area (Å²) in [7, 11) is 0. The minimum Gasteiger partial charge on any atom is -0.461 e. The Hall–Kier alpha value is -1.55. The molecule has 0 saturated heterocycles. The lowest BCUT2D eigenvalue weighted by atomic mass is 10.2. The highest BCUT2D eigenvalue weighted by Gasteiger charge is 2.19. The van der Waals surface area contributed by atoms with E-state index in [4.69, 9.17) is 16.3 Å². The van der Waals surface area contributed by atoms with Crippen molar-refractivity contribution < 1.29 is 9.53 Å². The molecule has 90 valence electrons. The number of hydrogen-bond donors (Lipinski definition) is 0. The molecule has 0 N–H and O–H groups in total. The van der Waals surface area contributed by atoms with Gasteiger partial charge in [0.05, 0.1) is 17.3 Å². The van der Waals surface area contributed by atoms with E-state index in [1.807, 2.05) is 6.92 Å². The molecule has 0 aliphatic rings. The fourth-order valence-electron chi connectivity index (χ4n) is 1.73. The maximum atomic E-state index is 11.9. The Morgan fingerprint density at radius 2 is 2.24 bits per heavy atom. The second-order valence-electron chi connectivity index (χ2n) is 3.56. The molecule has 17 heavy (non-hydrogen) atoms. The summed E-state index contributed by atoms with van der Waals surface area (Å²) in [5.74, 6) is -0.362. The molecule has 2 rings (SSSR count). The third-order valence-corrected chi connectivity index (χ3v) is 2.68. The zero-order chi connectivity index (χ0) is 12.4. The molecule has 0 spiro atoms. The number of aryl methyl sites for hydroxylation is 1. The fraction of sp³-hybridized carbons (Fsp3) is 0.333. The highest BCUT2D eigenvalue weighted by molar-refractivity contribution is 6.30. The summed E-state index contributed by atoms with van der Waals surface area (Å²) in [6, 6.07) is 3.53. The maximum absolute atomic E-state index is 11.9. The molecular formula is C12H13ClN2O2. The number of ether oxygens (including phenoxy) is 1. The number of carbonyl (C=O) groups excluding carboxylic acids is 1. The van der Waals surface area contributed by atoms with E-state index >= 15 is 0 Å². The fourth-order valence-corrected chi connectivity index (χ4v) is 1.89. The van der Waals surface area contributed by atoms with Gasteiger partial charge in [-0.2, -0.15) is 0 Å². The van der Waals surface area contributed by atoms with Crippen LogP contribution in [0.4, 0.5) is 0 Å². The highest BCUT2D eigenvalue weighted by atomic mass is 35.5. The van der Waals surface area contributed by atoms with Crippen molar-refractivity contribution in [3.8, 4) is 0 Å². The molecule has 0 radical (unpaired) electrons. The lowest BCUT2D eigenvalue weighted by Gasteiger charge is -2.03. The number of carbonyl (C=O) groups is 1. The molecule has 0 atom stereocenters. The van der Waals surface area contributed by atoms with Crippen LogP contribution in [0, 0.1) is 0 Å². The Balaban J connectivity index is 2.64. The third-order valence-electron chi connectivity index (χ3n) is 2.46. The van der Waals surface area contributed by atoms with Crippen molar-refractivity contribution in [2.45, 2.75) is 20.3 Å². The van der Waals surface area contributed by atoms with E-state index in [0.717, 1.165) is 5.69 Å². The number of esters is 1. The van der Waals surface area contributed by atoms with Gasteiger partial charge in [0.2, 0.25) is 0 Å². The Morgan fingerprint density at radius 1 is 1.47 bits per heavy atom. The van der Waals surface area contributed by atoms with Gasteiger partial charge in [-0.3, -0.25) is 4.40 Å². The predicted octanol–water partition coefficient (Wildman–Crippen LogP) is 2.73. The molecule has 0 bridgehead atoms. The Morgan fingerprint density at radius 3 is 2.88 bits per heavy atom. The highest BCUT2D eigenvalue weighted by Crippen LogP contribution is 2.18. The summed E-state index contributed by atoms with van der Waals surface area (Å²) in [5, 5.41) is 0.558. The van der Waals surface area contributed by atoms with Crippen LogP contribution in [0.15, 0.2) is 18.3 Å². The van der Waals surface area contributed by atoms with Crippen molar-refractivity contribution in [2.75, 3.05) is 6.61 Å². The van der Waals surface area contributed by atoms with E-state index < -0.39 is 0 Å². The molecule has 0 unspecified atom stereocenters. The summed E-state index contributed by atoms with van der Waals surface area (Å²) in [4.78, 5) is 16.3. The van der Waals surface area contributed by atoms with Gasteiger partial charge in [-0.15, -0.1) is 0 Å². The van der Waals surface area contributed by atoms with Gasteiger partial charge in [-0.25, -0.2) is 9.78 Å². The second-order valence-corrected chi connectivity index (χ2v) is 3.99. The van der Waals surface area contributed by atoms with E-state index in [1.54, 1.807) is 29.7 Å². The number of aromatic nitrogens is 2. The van der Waals surface area contributed by atoms with E-state index in [0.29, 0.717) is 29.4 Å². The summed E-state index contributed by atoms with van der Waals surface area (Å²) in [5.41, 5.74) is 1.90. The van der Waals surface area contributed by atoms with Gasteiger partial charge in [0, 0.05) is 6.20 Å². The standard InChI is InChI=1S/C12H13ClN2O2/c1-3-9-11(12(16)17-4-2)15-7-8(13)5-6-10(15)14-9/h5-7H,3-4H2,1-2H3. The van der Waals surface area contributed by atoms with E-state index in [9.17, 15) is 4.79 Å². The lowest BCUT2D eigenvalue weighted by Crippen LogP contribution is -2.10. The average molecular weight is 253 g/mol. The van der Waals surface area contributed by atoms with E-state index in [2.05, 4.69) is 4.98 Å². The van der Waals surface area contributed by atoms with E-state index in [-0.39, 0.29) is 5.97 Å². The van der Waals surface area contributed by atoms with Gasteiger partial charge in [-0.05, 0) is 25.5 Å². The lowest BCUT2D eigenvalue weighted by molar-refractivity contribution is 0.0517. The van der Waals surface area contributed by atoms with Crippen molar-refractivity contribution in [3.05, 3.63) is 34.7 Å². The SMILES string of the molecule is CCOC(=O)c1c(CC)nc2ccc(Cl)cn12. The molecule has 0 aliphatic heterocycles.